The van der Waals surface area contributed by atoms with Crippen LogP contribution in [0.25, 0.3) is 0 Å². The second kappa shape index (κ2) is 7.74. The Labute approximate surface area is 127 Å². The molecule has 0 unspecified atom stereocenters. The predicted molar refractivity (Wildman–Crippen MR) is 84.4 cm³/mol. The molecule has 1 aromatic rings. The molecule has 1 aromatic carbocycles. The van der Waals surface area contributed by atoms with Crippen molar-refractivity contribution >= 4 is 28.1 Å². The van der Waals surface area contributed by atoms with Crippen LogP contribution < -0.4 is 20.9 Å². The molecule has 0 aliphatic heterocycles. The molecule has 0 aromatic heterocycles. The smallest absolute Gasteiger partial charge is 0.211 e. The Balaban J connectivity index is 3.00. The van der Waals surface area contributed by atoms with Crippen molar-refractivity contribution in [3.8, 4) is 11.5 Å². The first-order valence-corrected chi connectivity index (χ1v) is 6.85. The SMILES string of the molecule is COc1cc(C=NN=C(N)N)cc(Br)c1OCC(C)C. The summed E-state index contributed by atoms with van der Waals surface area (Å²) in [7, 11) is 1.58. The van der Waals surface area contributed by atoms with E-state index < -0.39 is 0 Å². The summed E-state index contributed by atoms with van der Waals surface area (Å²) in [6, 6.07) is 3.65. The van der Waals surface area contributed by atoms with Gasteiger partial charge in [0.2, 0.25) is 5.96 Å². The molecule has 0 fully saturated rings. The minimum Gasteiger partial charge on any atom is -0.493 e. The topological polar surface area (TPSA) is 95.2 Å². The quantitative estimate of drug-likeness (QED) is 0.470. The number of methoxy groups -OCH3 is 1. The lowest BCUT2D eigenvalue weighted by atomic mass is 10.2. The maximum absolute atomic E-state index is 5.73. The number of rotatable bonds is 6. The average Bonchev–Trinajstić information content (AvgIpc) is 2.36. The molecule has 0 atom stereocenters. The van der Waals surface area contributed by atoms with Crippen molar-refractivity contribution in [3.05, 3.63) is 22.2 Å². The number of nitrogens with two attached hydrogens (primary N) is 2. The minimum absolute atomic E-state index is 0.0934. The molecular weight excluding hydrogens is 324 g/mol. The summed E-state index contributed by atoms with van der Waals surface area (Å²) >= 11 is 3.46. The van der Waals surface area contributed by atoms with E-state index in [-0.39, 0.29) is 5.96 Å². The molecule has 0 spiro atoms. The Kier molecular flexibility index (Phi) is 6.30. The van der Waals surface area contributed by atoms with Gasteiger partial charge in [0.15, 0.2) is 11.5 Å². The standard InChI is InChI=1S/C13H19BrN4O2/c1-8(2)7-20-12-10(14)4-9(5-11(12)19-3)6-17-18-13(15)16/h4-6,8H,7H2,1-3H3,(H4,15,16,18). The van der Waals surface area contributed by atoms with Crippen LogP contribution in [0.1, 0.15) is 19.4 Å². The molecule has 0 aliphatic carbocycles. The number of nitrogens with zero attached hydrogens (tertiary/aromatic N) is 2. The molecule has 0 amide bonds. The van der Waals surface area contributed by atoms with Crippen molar-refractivity contribution in [2.75, 3.05) is 13.7 Å². The number of halogens is 1. The summed E-state index contributed by atoms with van der Waals surface area (Å²) in [6.45, 7) is 4.77. The molecule has 0 saturated carbocycles. The van der Waals surface area contributed by atoms with Crippen molar-refractivity contribution in [2.24, 2.45) is 27.6 Å². The Bertz CT molecular complexity index is 511. The maximum Gasteiger partial charge on any atom is 0.211 e. The second-order valence-corrected chi connectivity index (χ2v) is 5.36. The van der Waals surface area contributed by atoms with E-state index in [0.29, 0.717) is 24.0 Å². The third-order valence-corrected chi connectivity index (χ3v) is 2.78. The van der Waals surface area contributed by atoms with Crippen molar-refractivity contribution in [3.63, 3.8) is 0 Å². The van der Waals surface area contributed by atoms with Crippen LogP contribution >= 0.6 is 15.9 Å². The molecule has 1 rings (SSSR count). The molecular formula is C13H19BrN4O2. The fourth-order valence-corrected chi connectivity index (χ4v) is 1.94. The zero-order chi connectivity index (χ0) is 15.1. The molecule has 0 saturated heterocycles. The first kappa shape index (κ1) is 16.3. The predicted octanol–water partition coefficient (Wildman–Crippen LogP) is 2.10. The first-order chi connectivity index (χ1) is 9.43. The van der Waals surface area contributed by atoms with Gasteiger partial charge in [-0.15, -0.1) is 5.10 Å². The minimum atomic E-state index is -0.0934. The average molecular weight is 343 g/mol. The highest BCUT2D eigenvalue weighted by atomic mass is 79.9. The van der Waals surface area contributed by atoms with E-state index in [1.54, 1.807) is 13.2 Å². The van der Waals surface area contributed by atoms with Crippen LogP contribution in [-0.2, 0) is 0 Å². The van der Waals surface area contributed by atoms with Crippen LogP contribution in [0.5, 0.6) is 11.5 Å². The summed E-state index contributed by atoms with van der Waals surface area (Å²) in [6.07, 6.45) is 1.53. The summed E-state index contributed by atoms with van der Waals surface area (Å²) in [5.41, 5.74) is 11.2. The van der Waals surface area contributed by atoms with Gasteiger partial charge >= 0.3 is 0 Å². The normalized spacial score (nSPS) is 10.8. The van der Waals surface area contributed by atoms with Crippen molar-refractivity contribution in [1.82, 2.24) is 0 Å². The van der Waals surface area contributed by atoms with E-state index in [1.165, 1.54) is 6.21 Å². The highest BCUT2D eigenvalue weighted by Crippen LogP contribution is 2.36. The Hall–Kier alpha value is -1.76. The van der Waals surface area contributed by atoms with Crippen LogP contribution in [0.15, 0.2) is 26.8 Å². The van der Waals surface area contributed by atoms with Crippen LogP contribution in [0, 0.1) is 5.92 Å². The molecule has 4 N–H and O–H groups in total. The van der Waals surface area contributed by atoms with Crippen LogP contribution in [0.2, 0.25) is 0 Å². The lowest BCUT2D eigenvalue weighted by Gasteiger charge is -2.14. The molecule has 0 heterocycles. The lowest BCUT2D eigenvalue weighted by molar-refractivity contribution is 0.255. The van der Waals surface area contributed by atoms with Gasteiger partial charge in [-0.3, -0.25) is 0 Å². The van der Waals surface area contributed by atoms with Crippen LogP contribution in [0.3, 0.4) is 0 Å². The molecule has 6 nitrogen and oxygen atoms in total. The summed E-state index contributed by atoms with van der Waals surface area (Å²) in [4.78, 5) is 0. The van der Waals surface area contributed by atoms with E-state index in [2.05, 4.69) is 40.0 Å². The number of hydrogen-bond donors (Lipinski definition) is 2. The zero-order valence-corrected chi connectivity index (χ0v) is 13.3. The van der Waals surface area contributed by atoms with Gasteiger partial charge in [0.05, 0.1) is 24.4 Å². The van der Waals surface area contributed by atoms with Crippen LogP contribution in [0.4, 0.5) is 0 Å². The number of benzene rings is 1. The monoisotopic (exact) mass is 342 g/mol. The van der Waals surface area contributed by atoms with Crippen molar-refractivity contribution in [2.45, 2.75) is 13.8 Å². The number of guanidine groups is 1. The van der Waals surface area contributed by atoms with Gasteiger partial charge in [-0.1, -0.05) is 13.8 Å². The molecule has 0 aliphatic rings. The molecule has 0 radical (unpaired) electrons. The summed E-state index contributed by atoms with van der Waals surface area (Å²) in [5.74, 6) is 1.62. The van der Waals surface area contributed by atoms with E-state index in [0.717, 1.165) is 10.0 Å². The van der Waals surface area contributed by atoms with Gasteiger partial charge in [0.25, 0.3) is 0 Å². The second-order valence-electron chi connectivity index (χ2n) is 4.51. The van der Waals surface area contributed by atoms with E-state index in [4.69, 9.17) is 20.9 Å². The Morgan fingerprint density at radius 3 is 2.65 bits per heavy atom. The fourth-order valence-electron chi connectivity index (χ4n) is 1.37. The maximum atomic E-state index is 5.73. The number of ether oxygens (including phenoxy) is 2. The lowest BCUT2D eigenvalue weighted by Crippen LogP contribution is -2.21. The van der Waals surface area contributed by atoms with Gasteiger partial charge < -0.3 is 20.9 Å². The van der Waals surface area contributed by atoms with Gasteiger partial charge in [-0.05, 0) is 39.5 Å². The Morgan fingerprint density at radius 2 is 2.10 bits per heavy atom. The number of hydrogen-bond acceptors (Lipinski definition) is 4. The first-order valence-electron chi connectivity index (χ1n) is 6.06. The highest BCUT2D eigenvalue weighted by Gasteiger charge is 2.11. The van der Waals surface area contributed by atoms with Gasteiger partial charge in [-0.2, -0.15) is 5.10 Å². The molecule has 20 heavy (non-hydrogen) atoms. The molecule has 7 heteroatoms. The van der Waals surface area contributed by atoms with E-state index in [9.17, 15) is 0 Å². The third-order valence-electron chi connectivity index (χ3n) is 2.19. The fraction of sp³-hybridized carbons (Fsp3) is 0.385. The van der Waals surface area contributed by atoms with Gasteiger partial charge in [-0.25, -0.2) is 0 Å². The zero-order valence-electron chi connectivity index (χ0n) is 11.8. The van der Waals surface area contributed by atoms with Crippen LogP contribution in [-0.4, -0.2) is 25.9 Å². The molecule has 0 bridgehead atoms. The van der Waals surface area contributed by atoms with Crippen molar-refractivity contribution in [1.29, 1.82) is 0 Å². The third kappa shape index (κ3) is 5.08. The van der Waals surface area contributed by atoms with E-state index >= 15 is 0 Å². The highest BCUT2D eigenvalue weighted by molar-refractivity contribution is 9.10. The Morgan fingerprint density at radius 1 is 1.40 bits per heavy atom. The van der Waals surface area contributed by atoms with Crippen molar-refractivity contribution < 1.29 is 9.47 Å². The summed E-state index contributed by atoms with van der Waals surface area (Å²) in [5, 5.41) is 7.30. The molecule has 110 valence electrons. The van der Waals surface area contributed by atoms with E-state index in [1.807, 2.05) is 6.07 Å². The van der Waals surface area contributed by atoms with Gasteiger partial charge in [0.1, 0.15) is 0 Å². The summed E-state index contributed by atoms with van der Waals surface area (Å²) < 4.78 is 11.8. The van der Waals surface area contributed by atoms with Gasteiger partial charge in [0, 0.05) is 0 Å². The largest absolute Gasteiger partial charge is 0.493 e.